The molecule has 1 aromatic carbocycles. The largest absolute Gasteiger partial charge is 0.372 e. The lowest BCUT2D eigenvalue weighted by Crippen LogP contribution is -2.08. The maximum atomic E-state index is 5.33. The molecule has 1 aromatic heterocycles. The van der Waals surface area contributed by atoms with Crippen molar-refractivity contribution >= 4 is 11.0 Å². The zero-order chi connectivity index (χ0) is 10.7. The van der Waals surface area contributed by atoms with E-state index in [0.717, 1.165) is 16.9 Å². The molecule has 0 aliphatic heterocycles. The van der Waals surface area contributed by atoms with Crippen LogP contribution in [0, 0.1) is 6.92 Å². The Labute approximate surface area is 88.5 Å². The third-order valence-corrected chi connectivity index (χ3v) is 2.19. The minimum absolute atomic E-state index is 0.491. The zero-order valence-electron chi connectivity index (χ0n) is 8.79. The molecule has 0 atom stereocenters. The van der Waals surface area contributed by atoms with Gasteiger partial charge in [-0.2, -0.15) is 0 Å². The van der Waals surface area contributed by atoms with Crippen LogP contribution < -0.4 is 5.73 Å². The number of benzene rings is 1. The van der Waals surface area contributed by atoms with E-state index in [4.69, 9.17) is 10.5 Å². The minimum atomic E-state index is 0.491. The Morgan fingerprint density at radius 2 is 2.33 bits per heavy atom. The van der Waals surface area contributed by atoms with E-state index in [1.54, 1.807) is 0 Å². The molecule has 2 rings (SSSR count). The third-order valence-electron chi connectivity index (χ3n) is 2.19. The van der Waals surface area contributed by atoms with Gasteiger partial charge in [0.05, 0.1) is 17.6 Å². The number of rotatable bonds is 4. The van der Waals surface area contributed by atoms with E-state index in [2.05, 4.69) is 23.0 Å². The van der Waals surface area contributed by atoms with Crippen molar-refractivity contribution in [3.8, 4) is 0 Å². The molecule has 0 unspecified atom stereocenters. The van der Waals surface area contributed by atoms with Crippen LogP contribution in [0.25, 0.3) is 11.0 Å². The number of imidazole rings is 1. The van der Waals surface area contributed by atoms with Crippen molar-refractivity contribution in [2.45, 2.75) is 13.5 Å². The van der Waals surface area contributed by atoms with Gasteiger partial charge in [-0.1, -0.05) is 6.07 Å². The van der Waals surface area contributed by atoms with Crippen LogP contribution in [0.3, 0.4) is 0 Å². The number of hydrogen-bond donors (Lipinski definition) is 2. The molecule has 0 fully saturated rings. The molecular formula is C11H15N3O. The van der Waals surface area contributed by atoms with Gasteiger partial charge in [0.25, 0.3) is 0 Å². The van der Waals surface area contributed by atoms with Crippen LogP contribution in [0.15, 0.2) is 18.2 Å². The fourth-order valence-corrected chi connectivity index (χ4v) is 1.50. The molecule has 0 radical (unpaired) electrons. The molecule has 0 saturated carbocycles. The molecule has 0 bridgehead atoms. The fourth-order valence-electron chi connectivity index (χ4n) is 1.50. The number of H-pyrrole nitrogens is 1. The summed E-state index contributed by atoms with van der Waals surface area (Å²) in [6.45, 7) is 3.66. The lowest BCUT2D eigenvalue weighted by atomic mass is 10.2. The summed E-state index contributed by atoms with van der Waals surface area (Å²) in [4.78, 5) is 7.62. The van der Waals surface area contributed by atoms with Crippen LogP contribution in [0.2, 0.25) is 0 Å². The fraction of sp³-hybridized carbons (Fsp3) is 0.364. The van der Waals surface area contributed by atoms with Crippen molar-refractivity contribution in [3.05, 3.63) is 29.6 Å². The third kappa shape index (κ3) is 2.34. The molecule has 0 aliphatic carbocycles. The van der Waals surface area contributed by atoms with E-state index >= 15 is 0 Å². The zero-order valence-corrected chi connectivity index (χ0v) is 8.79. The highest BCUT2D eigenvalue weighted by molar-refractivity contribution is 5.75. The number of fused-ring (bicyclic) bond motifs is 1. The molecule has 4 heteroatoms. The van der Waals surface area contributed by atoms with Gasteiger partial charge in [0.15, 0.2) is 0 Å². The Morgan fingerprint density at radius 1 is 1.47 bits per heavy atom. The number of aryl methyl sites for hydroxylation is 1. The van der Waals surface area contributed by atoms with Crippen molar-refractivity contribution in [3.63, 3.8) is 0 Å². The lowest BCUT2D eigenvalue weighted by molar-refractivity contribution is 0.123. The van der Waals surface area contributed by atoms with Gasteiger partial charge in [0.1, 0.15) is 12.4 Å². The topological polar surface area (TPSA) is 63.9 Å². The number of nitrogens with one attached hydrogen (secondary N) is 1. The number of ether oxygens (including phenoxy) is 1. The summed E-state index contributed by atoms with van der Waals surface area (Å²) < 4.78 is 5.31. The average Bonchev–Trinajstić information content (AvgIpc) is 2.60. The summed E-state index contributed by atoms with van der Waals surface area (Å²) in [7, 11) is 0. The Kier molecular flexibility index (Phi) is 2.99. The highest BCUT2D eigenvalue weighted by atomic mass is 16.5. The van der Waals surface area contributed by atoms with Crippen LogP contribution in [-0.2, 0) is 11.3 Å². The first kappa shape index (κ1) is 10.1. The molecule has 2 aromatic rings. The van der Waals surface area contributed by atoms with Gasteiger partial charge in [-0.25, -0.2) is 4.98 Å². The second-order valence-electron chi connectivity index (χ2n) is 3.55. The normalized spacial score (nSPS) is 11.1. The van der Waals surface area contributed by atoms with Gasteiger partial charge in [0, 0.05) is 6.54 Å². The number of aromatic nitrogens is 2. The van der Waals surface area contributed by atoms with E-state index in [-0.39, 0.29) is 0 Å². The summed E-state index contributed by atoms with van der Waals surface area (Å²) in [6.07, 6.45) is 0. The Balaban J connectivity index is 2.16. The van der Waals surface area contributed by atoms with Crippen LogP contribution in [-0.4, -0.2) is 23.1 Å². The van der Waals surface area contributed by atoms with Crippen molar-refractivity contribution < 1.29 is 4.74 Å². The molecule has 0 saturated heterocycles. The number of hydrogen-bond acceptors (Lipinski definition) is 3. The molecule has 0 aliphatic rings. The van der Waals surface area contributed by atoms with E-state index in [1.165, 1.54) is 5.56 Å². The van der Waals surface area contributed by atoms with Crippen LogP contribution in [0.1, 0.15) is 11.4 Å². The first-order valence-corrected chi connectivity index (χ1v) is 5.02. The Bertz CT molecular complexity index is 450. The summed E-state index contributed by atoms with van der Waals surface area (Å²) >= 11 is 0. The van der Waals surface area contributed by atoms with Crippen molar-refractivity contribution in [1.29, 1.82) is 0 Å². The Hall–Kier alpha value is -1.39. The monoisotopic (exact) mass is 205 g/mol. The molecule has 80 valence electrons. The lowest BCUT2D eigenvalue weighted by Gasteiger charge is -1.97. The minimum Gasteiger partial charge on any atom is -0.372 e. The first-order chi connectivity index (χ1) is 7.29. The van der Waals surface area contributed by atoms with Gasteiger partial charge in [-0.05, 0) is 24.6 Å². The van der Waals surface area contributed by atoms with Gasteiger partial charge < -0.3 is 15.5 Å². The van der Waals surface area contributed by atoms with E-state index in [1.807, 2.05) is 12.1 Å². The second kappa shape index (κ2) is 4.42. The maximum Gasteiger partial charge on any atom is 0.133 e. The highest BCUT2D eigenvalue weighted by Gasteiger charge is 2.02. The SMILES string of the molecule is Cc1ccc2nc(COCCN)[nH]c2c1. The van der Waals surface area contributed by atoms with Crippen LogP contribution in [0.5, 0.6) is 0 Å². The predicted octanol–water partition coefficient (Wildman–Crippen LogP) is 1.35. The quantitative estimate of drug-likeness (QED) is 0.740. The Morgan fingerprint density at radius 3 is 3.13 bits per heavy atom. The van der Waals surface area contributed by atoms with E-state index in [0.29, 0.717) is 19.8 Å². The van der Waals surface area contributed by atoms with Gasteiger partial charge in [0.2, 0.25) is 0 Å². The van der Waals surface area contributed by atoms with Crippen molar-refractivity contribution in [1.82, 2.24) is 9.97 Å². The molecular weight excluding hydrogens is 190 g/mol. The second-order valence-corrected chi connectivity index (χ2v) is 3.55. The predicted molar refractivity (Wildman–Crippen MR) is 59.5 cm³/mol. The summed E-state index contributed by atoms with van der Waals surface area (Å²) in [6, 6.07) is 6.13. The maximum absolute atomic E-state index is 5.33. The van der Waals surface area contributed by atoms with Crippen molar-refractivity contribution in [2.75, 3.05) is 13.2 Å². The van der Waals surface area contributed by atoms with Crippen LogP contribution >= 0.6 is 0 Å². The van der Waals surface area contributed by atoms with Crippen LogP contribution in [0.4, 0.5) is 0 Å². The summed E-state index contributed by atoms with van der Waals surface area (Å²) in [5.41, 5.74) is 8.59. The number of nitrogens with two attached hydrogens (primary N) is 1. The van der Waals surface area contributed by atoms with Gasteiger partial charge >= 0.3 is 0 Å². The average molecular weight is 205 g/mol. The van der Waals surface area contributed by atoms with Crippen molar-refractivity contribution in [2.24, 2.45) is 5.73 Å². The molecule has 0 spiro atoms. The van der Waals surface area contributed by atoms with E-state index in [9.17, 15) is 0 Å². The standard InChI is InChI=1S/C11H15N3O/c1-8-2-3-9-10(6-8)14-11(13-9)7-15-5-4-12/h2-3,6H,4-5,7,12H2,1H3,(H,13,14). The number of aromatic amines is 1. The molecule has 4 nitrogen and oxygen atoms in total. The summed E-state index contributed by atoms with van der Waals surface area (Å²) in [5.74, 6) is 0.851. The molecule has 0 amide bonds. The number of nitrogens with zero attached hydrogens (tertiary/aromatic N) is 1. The molecule has 1 heterocycles. The summed E-state index contributed by atoms with van der Waals surface area (Å²) in [5, 5.41) is 0. The highest BCUT2D eigenvalue weighted by Crippen LogP contribution is 2.13. The molecule has 15 heavy (non-hydrogen) atoms. The van der Waals surface area contributed by atoms with Gasteiger partial charge in [-0.15, -0.1) is 0 Å². The first-order valence-electron chi connectivity index (χ1n) is 5.02. The molecule has 3 N–H and O–H groups in total. The van der Waals surface area contributed by atoms with Gasteiger partial charge in [-0.3, -0.25) is 0 Å². The van der Waals surface area contributed by atoms with E-state index < -0.39 is 0 Å². The smallest absolute Gasteiger partial charge is 0.133 e.